The standard InChI is InChI=1S/C11H24N2/c1-9(2)10-7-11(8-10)12-5-6-13(3)4/h9-12H,5-8H2,1-4H3. The summed E-state index contributed by atoms with van der Waals surface area (Å²) in [6.07, 6.45) is 2.79. The van der Waals surface area contributed by atoms with Crippen molar-refractivity contribution in [3.63, 3.8) is 0 Å². The molecule has 2 heteroatoms. The number of nitrogens with one attached hydrogen (secondary N) is 1. The number of nitrogens with zero attached hydrogens (tertiary/aromatic N) is 1. The van der Waals surface area contributed by atoms with Gasteiger partial charge in [0.15, 0.2) is 0 Å². The number of hydrogen-bond acceptors (Lipinski definition) is 2. The smallest absolute Gasteiger partial charge is 0.0101 e. The van der Waals surface area contributed by atoms with Crippen molar-refractivity contribution in [2.75, 3.05) is 27.2 Å². The van der Waals surface area contributed by atoms with E-state index in [1.807, 2.05) is 0 Å². The molecule has 0 amide bonds. The van der Waals surface area contributed by atoms with Crippen LogP contribution in [0.3, 0.4) is 0 Å². The molecule has 0 aromatic heterocycles. The number of hydrogen-bond donors (Lipinski definition) is 1. The molecule has 1 rings (SSSR count). The first kappa shape index (κ1) is 11.0. The molecule has 0 unspecified atom stereocenters. The van der Waals surface area contributed by atoms with Crippen molar-refractivity contribution in [2.45, 2.75) is 32.7 Å². The molecular weight excluding hydrogens is 160 g/mol. The van der Waals surface area contributed by atoms with E-state index in [4.69, 9.17) is 0 Å². The van der Waals surface area contributed by atoms with Crippen LogP contribution in [0.5, 0.6) is 0 Å². The average Bonchev–Trinajstić information content (AvgIpc) is 1.92. The van der Waals surface area contributed by atoms with Crippen molar-refractivity contribution in [3.05, 3.63) is 0 Å². The largest absolute Gasteiger partial charge is 0.313 e. The summed E-state index contributed by atoms with van der Waals surface area (Å²) in [5, 5.41) is 3.59. The van der Waals surface area contributed by atoms with E-state index in [0.717, 1.165) is 31.0 Å². The molecule has 1 saturated carbocycles. The van der Waals surface area contributed by atoms with Gasteiger partial charge < -0.3 is 10.2 Å². The molecule has 0 aromatic rings. The van der Waals surface area contributed by atoms with E-state index in [1.165, 1.54) is 12.8 Å². The van der Waals surface area contributed by atoms with Crippen LogP contribution < -0.4 is 5.32 Å². The molecule has 0 heterocycles. The summed E-state index contributed by atoms with van der Waals surface area (Å²) in [5.74, 6) is 1.86. The van der Waals surface area contributed by atoms with Crippen molar-refractivity contribution in [1.29, 1.82) is 0 Å². The quantitative estimate of drug-likeness (QED) is 0.698. The molecule has 13 heavy (non-hydrogen) atoms. The molecule has 0 bridgehead atoms. The highest BCUT2D eigenvalue weighted by Gasteiger charge is 2.30. The Morgan fingerprint density at radius 2 is 1.92 bits per heavy atom. The number of rotatable bonds is 5. The third-order valence-corrected chi connectivity index (χ3v) is 3.11. The molecule has 1 aliphatic carbocycles. The van der Waals surface area contributed by atoms with Gasteiger partial charge >= 0.3 is 0 Å². The Kier molecular flexibility index (Phi) is 4.20. The number of likely N-dealkylation sites (N-methyl/N-ethyl adjacent to an activating group) is 1. The summed E-state index contributed by atoms with van der Waals surface area (Å²) in [4.78, 5) is 2.23. The fourth-order valence-corrected chi connectivity index (χ4v) is 1.87. The summed E-state index contributed by atoms with van der Waals surface area (Å²) < 4.78 is 0. The molecule has 1 aliphatic rings. The molecule has 0 radical (unpaired) electrons. The Morgan fingerprint density at radius 3 is 2.38 bits per heavy atom. The lowest BCUT2D eigenvalue weighted by atomic mass is 9.74. The topological polar surface area (TPSA) is 15.3 Å². The van der Waals surface area contributed by atoms with Crippen LogP contribution in [0.25, 0.3) is 0 Å². The summed E-state index contributed by atoms with van der Waals surface area (Å²) in [6, 6.07) is 0.812. The Hall–Kier alpha value is -0.0800. The molecule has 0 aromatic carbocycles. The van der Waals surface area contributed by atoms with E-state index in [-0.39, 0.29) is 0 Å². The van der Waals surface area contributed by atoms with E-state index in [9.17, 15) is 0 Å². The zero-order valence-electron chi connectivity index (χ0n) is 9.51. The predicted octanol–water partition coefficient (Wildman–Crippen LogP) is 1.57. The van der Waals surface area contributed by atoms with Gasteiger partial charge in [-0.3, -0.25) is 0 Å². The highest BCUT2D eigenvalue weighted by atomic mass is 15.1. The molecule has 78 valence electrons. The van der Waals surface area contributed by atoms with Crippen LogP contribution in [0.15, 0.2) is 0 Å². The van der Waals surface area contributed by atoms with Crippen LogP contribution in [0.4, 0.5) is 0 Å². The second-order valence-electron chi connectivity index (χ2n) is 4.93. The SMILES string of the molecule is CC(C)C1CC(NCCN(C)C)C1. The van der Waals surface area contributed by atoms with Gasteiger partial charge in [-0.15, -0.1) is 0 Å². The maximum atomic E-state index is 3.59. The minimum Gasteiger partial charge on any atom is -0.313 e. The van der Waals surface area contributed by atoms with Crippen molar-refractivity contribution < 1.29 is 0 Å². The lowest BCUT2D eigenvalue weighted by molar-refractivity contribution is 0.166. The monoisotopic (exact) mass is 184 g/mol. The van der Waals surface area contributed by atoms with Gasteiger partial charge in [-0.05, 0) is 38.8 Å². The summed E-state index contributed by atoms with van der Waals surface area (Å²) in [7, 11) is 4.25. The first-order valence-corrected chi connectivity index (χ1v) is 5.47. The predicted molar refractivity (Wildman–Crippen MR) is 57.9 cm³/mol. The molecule has 1 fully saturated rings. The fraction of sp³-hybridized carbons (Fsp3) is 1.00. The van der Waals surface area contributed by atoms with Crippen molar-refractivity contribution >= 4 is 0 Å². The minimum absolute atomic E-state index is 0.812. The van der Waals surface area contributed by atoms with Gasteiger partial charge in [0.2, 0.25) is 0 Å². The van der Waals surface area contributed by atoms with Gasteiger partial charge in [0.1, 0.15) is 0 Å². The second-order valence-corrected chi connectivity index (χ2v) is 4.93. The lowest BCUT2D eigenvalue weighted by Crippen LogP contribution is -2.45. The normalized spacial score (nSPS) is 28.2. The third kappa shape index (κ3) is 3.65. The molecule has 2 nitrogen and oxygen atoms in total. The van der Waals surface area contributed by atoms with Gasteiger partial charge in [0.05, 0.1) is 0 Å². The van der Waals surface area contributed by atoms with Gasteiger partial charge in [-0.2, -0.15) is 0 Å². The molecule has 1 N–H and O–H groups in total. The van der Waals surface area contributed by atoms with Crippen LogP contribution in [0.2, 0.25) is 0 Å². The summed E-state index contributed by atoms with van der Waals surface area (Å²) in [6.45, 7) is 6.97. The fourth-order valence-electron chi connectivity index (χ4n) is 1.87. The zero-order valence-corrected chi connectivity index (χ0v) is 9.51. The van der Waals surface area contributed by atoms with E-state index in [2.05, 4.69) is 38.2 Å². The minimum atomic E-state index is 0.812. The lowest BCUT2D eigenvalue weighted by Gasteiger charge is -2.38. The van der Waals surface area contributed by atoms with Crippen molar-refractivity contribution in [3.8, 4) is 0 Å². The Morgan fingerprint density at radius 1 is 1.31 bits per heavy atom. The van der Waals surface area contributed by atoms with Crippen LogP contribution in [-0.2, 0) is 0 Å². The van der Waals surface area contributed by atoms with Crippen LogP contribution in [0.1, 0.15) is 26.7 Å². The molecule has 0 spiro atoms. The van der Waals surface area contributed by atoms with E-state index in [0.29, 0.717) is 0 Å². The van der Waals surface area contributed by atoms with Gasteiger partial charge in [-0.25, -0.2) is 0 Å². The van der Waals surface area contributed by atoms with Crippen molar-refractivity contribution in [2.24, 2.45) is 11.8 Å². The molecule has 0 atom stereocenters. The first-order valence-electron chi connectivity index (χ1n) is 5.47. The highest BCUT2D eigenvalue weighted by Crippen LogP contribution is 2.33. The van der Waals surface area contributed by atoms with E-state index < -0.39 is 0 Å². The first-order chi connectivity index (χ1) is 6.09. The van der Waals surface area contributed by atoms with Gasteiger partial charge in [-0.1, -0.05) is 13.8 Å². The zero-order chi connectivity index (χ0) is 9.84. The Balaban J connectivity index is 1.96. The molecule has 0 aliphatic heterocycles. The van der Waals surface area contributed by atoms with E-state index >= 15 is 0 Å². The van der Waals surface area contributed by atoms with Crippen LogP contribution >= 0.6 is 0 Å². The summed E-state index contributed by atoms with van der Waals surface area (Å²) in [5.41, 5.74) is 0. The van der Waals surface area contributed by atoms with Crippen LogP contribution in [0, 0.1) is 11.8 Å². The third-order valence-electron chi connectivity index (χ3n) is 3.11. The highest BCUT2D eigenvalue weighted by molar-refractivity contribution is 4.86. The molecular formula is C11H24N2. The second kappa shape index (κ2) is 4.97. The maximum absolute atomic E-state index is 3.59. The maximum Gasteiger partial charge on any atom is 0.0101 e. The van der Waals surface area contributed by atoms with Gasteiger partial charge in [0, 0.05) is 19.1 Å². The van der Waals surface area contributed by atoms with E-state index in [1.54, 1.807) is 0 Å². The Bertz CT molecular complexity index is 137. The van der Waals surface area contributed by atoms with Gasteiger partial charge in [0.25, 0.3) is 0 Å². The average molecular weight is 184 g/mol. The van der Waals surface area contributed by atoms with Crippen LogP contribution in [-0.4, -0.2) is 38.1 Å². The molecule has 0 saturated heterocycles. The summed E-state index contributed by atoms with van der Waals surface area (Å²) >= 11 is 0. The Labute approximate surface area is 82.7 Å². The van der Waals surface area contributed by atoms with Crippen molar-refractivity contribution in [1.82, 2.24) is 10.2 Å².